The molecule has 1 saturated heterocycles. The number of Topliss-reactive ketones (excluding diaryl/α,β-unsaturated/α-hetero) is 2. The van der Waals surface area contributed by atoms with Gasteiger partial charge in [0.05, 0.1) is 24.0 Å². The van der Waals surface area contributed by atoms with E-state index >= 15 is 0 Å². The number of rotatable bonds is 5. The minimum atomic E-state index is -4.52. The second-order valence-electron chi connectivity index (χ2n) is 10.3. The Morgan fingerprint density at radius 2 is 1.37 bits per heavy atom. The van der Waals surface area contributed by atoms with E-state index in [1.165, 1.54) is 10.4 Å². The predicted octanol–water partition coefficient (Wildman–Crippen LogP) is 4.70. The maximum Gasteiger partial charge on any atom is 2.00 e. The molecule has 4 rings (SSSR count). The van der Waals surface area contributed by atoms with Crippen LogP contribution in [0.1, 0.15) is 44.7 Å². The molecule has 2 aromatic rings. The zero-order valence-electron chi connectivity index (χ0n) is 26.5. The van der Waals surface area contributed by atoms with Crippen LogP contribution in [0.25, 0.3) is 0 Å². The van der Waals surface area contributed by atoms with Gasteiger partial charge in [-0.3, -0.25) is 14.4 Å². The van der Waals surface area contributed by atoms with Crippen LogP contribution in [-0.2, 0) is 31.0 Å². The number of aryl methyl sites for hydroxylation is 1. The Balaban J connectivity index is 0.000000737. The summed E-state index contributed by atoms with van der Waals surface area (Å²) in [4.78, 5) is 34.7. The average molecular weight is 1000 g/mol. The number of piperidine rings is 1. The number of carbonyl (C=O) groups excluding carboxylic acids is 3. The normalized spacial score (nSPS) is 17.1. The monoisotopic (exact) mass is 1000 g/mol. The second kappa shape index (κ2) is 21.9. The fourth-order valence-corrected chi connectivity index (χ4v) is 5.72. The van der Waals surface area contributed by atoms with Gasteiger partial charge in [0.1, 0.15) is 7.05 Å². The Labute approximate surface area is 338 Å². The van der Waals surface area contributed by atoms with Crippen molar-refractivity contribution in [3.63, 3.8) is 0 Å². The SMILES string of the molecule is CS(=O)(=O)N1CC=C([O-])CC1.CS(=O)(=O)N1CCC(=O)C(C(=O)c2ccc(C(F)(F)F)cc2)C1.Cc1ccc(C(=O)Cl)cc1.SC(I)I.[Mg+2]. The van der Waals surface area contributed by atoms with Gasteiger partial charge in [-0.2, -0.15) is 30.1 Å². The molecule has 0 amide bonds. The number of hydrogen-bond donors (Lipinski definition) is 1. The molecule has 0 saturated carbocycles. The molecule has 2 aliphatic heterocycles. The maximum absolute atomic E-state index is 12.5. The summed E-state index contributed by atoms with van der Waals surface area (Å²) in [6, 6.07) is 10.7. The molecule has 1 unspecified atom stereocenters. The fourth-order valence-electron chi connectivity index (χ4n) is 3.98. The minimum Gasteiger partial charge on any atom is -0.876 e. The molecular formula is C29H33ClF3I2MgN2O8S3+. The third kappa shape index (κ3) is 18.7. The van der Waals surface area contributed by atoms with Crippen LogP contribution in [-0.4, -0.2) is 105 Å². The van der Waals surface area contributed by atoms with Crippen molar-refractivity contribution in [2.45, 2.75) is 27.2 Å². The number of ketones is 2. The first-order valence-corrected chi connectivity index (χ1v) is 20.7. The van der Waals surface area contributed by atoms with E-state index in [1.807, 2.05) is 19.1 Å². The number of benzene rings is 2. The van der Waals surface area contributed by atoms with E-state index < -0.39 is 54.5 Å². The van der Waals surface area contributed by atoms with E-state index in [1.54, 1.807) is 12.1 Å². The third-order valence-corrected chi connectivity index (χ3v) is 9.30. The smallest absolute Gasteiger partial charge is 0.876 e. The van der Waals surface area contributed by atoms with Gasteiger partial charge in [-0.15, -0.1) is 5.76 Å². The number of carbonyl (C=O) groups is 3. The van der Waals surface area contributed by atoms with E-state index in [2.05, 4.69) is 57.8 Å². The number of thiol groups is 1. The second-order valence-corrected chi connectivity index (χ2v) is 22.0. The molecule has 2 aliphatic rings. The summed E-state index contributed by atoms with van der Waals surface area (Å²) in [7, 11) is -6.64. The molecule has 0 bridgehead atoms. The predicted molar refractivity (Wildman–Crippen MR) is 202 cm³/mol. The maximum atomic E-state index is 12.5. The molecule has 2 heterocycles. The number of nitrogens with zero attached hydrogens (tertiary/aromatic N) is 2. The van der Waals surface area contributed by atoms with Gasteiger partial charge in [-0.05, 0) is 49.2 Å². The molecule has 268 valence electrons. The molecule has 1 atom stereocenters. The Morgan fingerprint density at radius 3 is 1.76 bits per heavy atom. The first kappa shape index (κ1) is 48.5. The number of hydrogen-bond acceptors (Lipinski definition) is 9. The Hall–Kier alpha value is -0.534. The standard InChI is InChI=1S/C14H14F3NO4S.C8H7ClO.C6H11NO3S.CH2I2S.Mg/c1-23(21,22)18-7-6-12(19)11(8-18)13(20)9-2-4-10(5-3-9)14(15,16)17;1-6-2-4-7(5-3-6)8(9)10;1-11(9,10)7-4-2-6(8)3-5-7;2-1(3)4;/h2-5,11H,6-8H2,1H3;2-5H,1H3;2,8H,3-5H2,1H3;1,4H;/q;;;;+2/p-1. The number of sulfonamides is 2. The van der Waals surface area contributed by atoms with Crippen LogP contribution in [0.2, 0.25) is 0 Å². The van der Waals surface area contributed by atoms with Crippen molar-refractivity contribution < 1.29 is 49.5 Å². The summed E-state index contributed by atoms with van der Waals surface area (Å²) in [5.41, 5.74) is 0.724. The van der Waals surface area contributed by atoms with Gasteiger partial charge in [-0.1, -0.05) is 81.1 Å². The van der Waals surface area contributed by atoms with E-state index in [0.29, 0.717) is 19.8 Å². The van der Waals surface area contributed by atoms with E-state index in [0.717, 1.165) is 46.6 Å². The van der Waals surface area contributed by atoms with Crippen molar-refractivity contribution in [3.8, 4) is 0 Å². The Bertz CT molecular complexity index is 1660. The molecule has 1 fully saturated rings. The van der Waals surface area contributed by atoms with Crippen molar-refractivity contribution in [1.29, 1.82) is 0 Å². The zero-order valence-corrected chi connectivity index (χ0v) is 35.5. The van der Waals surface area contributed by atoms with E-state index in [9.17, 15) is 49.5 Å². The fraction of sp³-hybridized carbons (Fsp3) is 0.414. The third-order valence-electron chi connectivity index (χ3n) is 6.54. The minimum absolute atomic E-state index is 0. The van der Waals surface area contributed by atoms with Crippen LogP contribution in [0, 0.1) is 12.8 Å². The van der Waals surface area contributed by atoms with Gasteiger partial charge in [0.2, 0.25) is 20.0 Å². The van der Waals surface area contributed by atoms with Crippen molar-refractivity contribution in [1.82, 2.24) is 8.61 Å². The van der Waals surface area contributed by atoms with Crippen LogP contribution in [0.3, 0.4) is 0 Å². The van der Waals surface area contributed by atoms with Crippen molar-refractivity contribution in [3.05, 3.63) is 82.6 Å². The summed E-state index contributed by atoms with van der Waals surface area (Å²) >= 11 is 13.5. The van der Waals surface area contributed by atoms with Gasteiger partial charge in [0, 0.05) is 43.7 Å². The van der Waals surface area contributed by atoms with Gasteiger partial charge in [0.15, 0.2) is 5.78 Å². The van der Waals surface area contributed by atoms with Crippen LogP contribution < -0.4 is 5.11 Å². The summed E-state index contributed by atoms with van der Waals surface area (Å²) < 4.78 is 85.1. The Kier molecular flexibility index (Phi) is 21.6. The van der Waals surface area contributed by atoms with Crippen molar-refractivity contribution in [2.24, 2.45) is 5.92 Å². The van der Waals surface area contributed by atoms with E-state index in [-0.39, 0.29) is 60.4 Å². The van der Waals surface area contributed by atoms with E-state index in [4.69, 9.17) is 11.6 Å². The van der Waals surface area contributed by atoms with Crippen molar-refractivity contribution >= 4 is 129 Å². The molecule has 0 spiro atoms. The van der Waals surface area contributed by atoms with Crippen LogP contribution in [0.15, 0.2) is 60.4 Å². The van der Waals surface area contributed by atoms with Gasteiger partial charge >= 0.3 is 29.2 Å². The summed E-state index contributed by atoms with van der Waals surface area (Å²) in [5, 5.41) is 10.3. The first-order chi connectivity index (χ1) is 21.9. The number of alkyl halides is 5. The van der Waals surface area contributed by atoms with Crippen LogP contribution in [0.5, 0.6) is 0 Å². The molecule has 20 heteroatoms. The quantitative estimate of drug-likeness (QED) is 0.0864. The zero-order chi connectivity index (χ0) is 37.0. The molecule has 0 aliphatic carbocycles. The topological polar surface area (TPSA) is 149 Å². The number of halogens is 6. The Morgan fingerprint density at radius 1 is 0.918 bits per heavy atom. The molecule has 0 N–H and O–H groups in total. The van der Waals surface area contributed by atoms with Gasteiger partial charge < -0.3 is 5.11 Å². The molecule has 10 nitrogen and oxygen atoms in total. The van der Waals surface area contributed by atoms with Crippen molar-refractivity contribution in [2.75, 3.05) is 38.7 Å². The molecule has 0 radical (unpaired) electrons. The van der Waals surface area contributed by atoms with Gasteiger partial charge in [-0.25, -0.2) is 21.1 Å². The van der Waals surface area contributed by atoms with Gasteiger partial charge in [0.25, 0.3) is 5.24 Å². The first-order valence-electron chi connectivity index (χ1n) is 13.7. The summed E-state index contributed by atoms with van der Waals surface area (Å²) in [6.45, 7) is 2.25. The average Bonchev–Trinajstić information content (AvgIpc) is 2.96. The van der Waals surface area contributed by atoms with Crippen LogP contribution >= 0.6 is 69.4 Å². The molecule has 2 aromatic carbocycles. The molecule has 49 heavy (non-hydrogen) atoms. The summed E-state index contributed by atoms with van der Waals surface area (Å²) in [5.74, 6) is -2.23. The largest absolute Gasteiger partial charge is 2.00 e. The van der Waals surface area contributed by atoms with Crippen LogP contribution in [0.4, 0.5) is 13.2 Å². The molecule has 0 aromatic heterocycles. The summed E-state index contributed by atoms with van der Waals surface area (Å²) in [6.07, 6.45) is -0.768. The molecular weight excluding hydrogens is 971 g/mol.